The third-order valence-corrected chi connectivity index (χ3v) is 4.41. The molecule has 24 heavy (non-hydrogen) atoms. The SMILES string of the molecule is CC1CN(Cc2ccccc2)CCCN1c1ccc([N+](=O)[O-])cn1. The van der Waals surface area contributed by atoms with Crippen molar-refractivity contribution in [3.05, 3.63) is 64.3 Å². The lowest BCUT2D eigenvalue weighted by Gasteiger charge is -2.30. The van der Waals surface area contributed by atoms with Gasteiger partial charge in [-0.15, -0.1) is 0 Å². The van der Waals surface area contributed by atoms with E-state index in [0.29, 0.717) is 6.04 Å². The normalized spacial score (nSPS) is 19.0. The summed E-state index contributed by atoms with van der Waals surface area (Å²) in [4.78, 5) is 19.4. The second kappa shape index (κ2) is 7.40. The van der Waals surface area contributed by atoms with Crippen LogP contribution < -0.4 is 4.90 Å². The molecule has 2 heterocycles. The number of nitro groups is 1. The summed E-state index contributed by atoms with van der Waals surface area (Å²) in [6, 6.07) is 14.1. The summed E-state index contributed by atoms with van der Waals surface area (Å²) in [5.41, 5.74) is 1.36. The molecule has 1 aromatic heterocycles. The molecular weight excluding hydrogens is 304 g/mol. The Hall–Kier alpha value is -2.47. The van der Waals surface area contributed by atoms with Crippen molar-refractivity contribution in [2.75, 3.05) is 24.5 Å². The van der Waals surface area contributed by atoms with Gasteiger partial charge in [0, 0.05) is 38.3 Å². The molecule has 0 amide bonds. The van der Waals surface area contributed by atoms with Crippen molar-refractivity contribution in [3.63, 3.8) is 0 Å². The average Bonchev–Trinajstić information content (AvgIpc) is 2.77. The van der Waals surface area contributed by atoms with Crippen LogP contribution in [0.5, 0.6) is 0 Å². The van der Waals surface area contributed by atoms with Crippen LogP contribution in [0.25, 0.3) is 0 Å². The zero-order valence-electron chi connectivity index (χ0n) is 13.8. The first-order valence-electron chi connectivity index (χ1n) is 8.27. The summed E-state index contributed by atoms with van der Waals surface area (Å²) in [5, 5.41) is 10.8. The van der Waals surface area contributed by atoms with Crippen LogP contribution in [0.2, 0.25) is 0 Å². The van der Waals surface area contributed by atoms with Crippen molar-refractivity contribution in [2.24, 2.45) is 0 Å². The largest absolute Gasteiger partial charge is 0.353 e. The molecule has 1 fully saturated rings. The number of rotatable bonds is 4. The van der Waals surface area contributed by atoms with E-state index in [9.17, 15) is 10.1 Å². The molecule has 1 unspecified atom stereocenters. The molecule has 6 nitrogen and oxygen atoms in total. The van der Waals surface area contributed by atoms with E-state index in [1.165, 1.54) is 17.8 Å². The molecule has 1 aromatic carbocycles. The average molecular weight is 326 g/mol. The highest BCUT2D eigenvalue weighted by Gasteiger charge is 2.23. The lowest BCUT2D eigenvalue weighted by molar-refractivity contribution is -0.385. The van der Waals surface area contributed by atoms with Gasteiger partial charge in [0.25, 0.3) is 5.69 Å². The molecule has 1 saturated heterocycles. The van der Waals surface area contributed by atoms with Gasteiger partial charge in [-0.1, -0.05) is 30.3 Å². The van der Waals surface area contributed by atoms with Crippen molar-refractivity contribution in [2.45, 2.75) is 25.9 Å². The third kappa shape index (κ3) is 3.89. The molecule has 0 aliphatic carbocycles. The predicted molar refractivity (Wildman–Crippen MR) is 94.0 cm³/mol. The highest BCUT2D eigenvalue weighted by Crippen LogP contribution is 2.21. The summed E-state index contributed by atoms with van der Waals surface area (Å²) in [6.45, 7) is 6.05. The first-order chi connectivity index (χ1) is 11.6. The Labute approximate surface area is 141 Å². The molecule has 1 aliphatic rings. The summed E-state index contributed by atoms with van der Waals surface area (Å²) < 4.78 is 0. The van der Waals surface area contributed by atoms with Crippen molar-refractivity contribution in [1.29, 1.82) is 0 Å². The summed E-state index contributed by atoms with van der Waals surface area (Å²) in [6.07, 6.45) is 2.39. The maximum Gasteiger partial charge on any atom is 0.287 e. The fourth-order valence-electron chi connectivity index (χ4n) is 3.23. The topological polar surface area (TPSA) is 62.5 Å². The van der Waals surface area contributed by atoms with Crippen molar-refractivity contribution in [1.82, 2.24) is 9.88 Å². The van der Waals surface area contributed by atoms with E-state index in [1.54, 1.807) is 6.07 Å². The maximum absolute atomic E-state index is 10.8. The number of aromatic nitrogens is 1. The maximum atomic E-state index is 10.8. The molecule has 0 N–H and O–H groups in total. The molecule has 3 rings (SSSR count). The molecule has 0 radical (unpaired) electrons. The fraction of sp³-hybridized carbons (Fsp3) is 0.389. The Kier molecular flexibility index (Phi) is 5.05. The van der Waals surface area contributed by atoms with Crippen LogP contribution in [0.3, 0.4) is 0 Å². The summed E-state index contributed by atoms with van der Waals surface area (Å²) in [7, 11) is 0. The predicted octanol–water partition coefficient (Wildman–Crippen LogP) is 3.09. The van der Waals surface area contributed by atoms with E-state index >= 15 is 0 Å². The Morgan fingerprint density at radius 1 is 1.21 bits per heavy atom. The lowest BCUT2D eigenvalue weighted by atomic mass is 10.2. The molecular formula is C18H22N4O2. The number of pyridine rings is 1. The summed E-state index contributed by atoms with van der Waals surface area (Å²) in [5.74, 6) is 0.815. The van der Waals surface area contributed by atoms with Crippen LogP contribution in [0.15, 0.2) is 48.7 Å². The Morgan fingerprint density at radius 3 is 2.67 bits per heavy atom. The zero-order chi connectivity index (χ0) is 16.9. The van der Waals surface area contributed by atoms with Gasteiger partial charge >= 0.3 is 0 Å². The van der Waals surface area contributed by atoms with E-state index in [1.807, 2.05) is 6.07 Å². The molecule has 1 atom stereocenters. The lowest BCUT2D eigenvalue weighted by Crippen LogP contribution is -2.39. The Bertz CT molecular complexity index is 675. The smallest absolute Gasteiger partial charge is 0.287 e. The minimum absolute atomic E-state index is 0.0342. The van der Waals surface area contributed by atoms with Gasteiger partial charge < -0.3 is 4.90 Å². The van der Waals surface area contributed by atoms with Gasteiger partial charge in [-0.25, -0.2) is 4.98 Å². The number of hydrogen-bond acceptors (Lipinski definition) is 5. The van der Waals surface area contributed by atoms with E-state index < -0.39 is 4.92 Å². The van der Waals surface area contributed by atoms with Gasteiger partial charge in [-0.2, -0.15) is 0 Å². The van der Waals surface area contributed by atoms with Gasteiger partial charge in [-0.3, -0.25) is 15.0 Å². The minimum Gasteiger partial charge on any atom is -0.353 e. The first-order valence-corrected chi connectivity index (χ1v) is 8.27. The monoisotopic (exact) mass is 326 g/mol. The fourth-order valence-corrected chi connectivity index (χ4v) is 3.23. The standard InChI is InChI=1S/C18H22N4O2/c1-15-13-20(14-16-6-3-2-4-7-16)10-5-11-21(15)18-9-8-17(12-19-18)22(23)24/h2-4,6-9,12,15H,5,10-11,13-14H2,1H3. The van der Waals surface area contributed by atoms with Gasteiger partial charge in [0.1, 0.15) is 12.0 Å². The molecule has 1 aliphatic heterocycles. The second-order valence-corrected chi connectivity index (χ2v) is 6.25. The number of nitrogens with zero attached hydrogens (tertiary/aromatic N) is 4. The van der Waals surface area contributed by atoms with E-state index in [0.717, 1.165) is 38.4 Å². The van der Waals surface area contributed by atoms with Gasteiger partial charge in [0.15, 0.2) is 0 Å². The van der Waals surface area contributed by atoms with Gasteiger partial charge in [-0.05, 0) is 25.0 Å². The molecule has 126 valence electrons. The molecule has 0 spiro atoms. The van der Waals surface area contributed by atoms with Crippen LogP contribution >= 0.6 is 0 Å². The molecule has 0 saturated carbocycles. The van der Waals surface area contributed by atoms with Crippen LogP contribution in [-0.4, -0.2) is 40.5 Å². The summed E-state index contributed by atoms with van der Waals surface area (Å²) >= 11 is 0. The van der Waals surface area contributed by atoms with Crippen molar-refractivity contribution >= 4 is 11.5 Å². The van der Waals surface area contributed by atoms with Gasteiger partial charge in [0.05, 0.1) is 4.92 Å². The highest BCUT2D eigenvalue weighted by molar-refractivity contribution is 5.44. The van der Waals surface area contributed by atoms with Crippen molar-refractivity contribution in [3.8, 4) is 0 Å². The zero-order valence-corrected chi connectivity index (χ0v) is 13.8. The number of benzene rings is 1. The highest BCUT2D eigenvalue weighted by atomic mass is 16.6. The molecule has 2 aromatic rings. The van der Waals surface area contributed by atoms with E-state index in [-0.39, 0.29) is 5.69 Å². The van der Waals surface area contributed by atoms with E-state index in [4.69, 9.17) is 0 Å². The van der Waals surface area contributed by atoms with Gasteiger partial charge in [0.2, 0.25) is 0 Å². The van der Waals surface area contributed by atoms with Crippen molar-refractivity contribution < 1.29 is 4.92 Å². The van der Waals surface area contributed by atoms with Crippen LogP contribution in [0.4, 0.5) is 11.5 Å². The Morgan fingerprint density at radius 2 is 2.00 bits per heavy atom. The molecule has 0 bridgehead atoms. The van der Waals surface area contributed by atoms with E-state index in [2.05, 4.69) is 46.0 Å². The quantitative estimate of drug-likeness (QED) is 0.638. The number of hydrogen-bond donors (Lipinski definition) is 0. The minimum atomic E-state index is -0.412. The van der Waals surface area contributed by atoms with Crippen LogP contribution in [-0.2, 0) is 6.54 Å². The second-order valence-electron chi connectivity index (χ2n) is 6.25. The van der Waals surface area contributed by atoms with Crippen LogP contribution in [0, 0.1) is 10.1 Å². The third-order valence-electron chi connectivity index (χ3n) is 4.41. The molecule has 6 heteroatoms. The van der Waals surface area contributed by atoms with Crippen LogP contribution in [0.1, 0.15) is 18.9 Å². The first kappa shape index (κ1) is 16.4. The number of anilines is 1. The Balaban J connectivity index is 1.68.